The smallest absolute Gasteiger partial charge is 0.303 e. The van der Waals surface area contributed by atoms with Crippen LogP contribution in [-0.2, 0) is 11.4 Å². The van der Waals surface area contributed by atoms with Crippen LogP contribution in [0, 0.1) is 5.82 Å². The molecule has 0 fully saturated rings. The van der Waals surface area contributed by atoms with Gasteiger partial charge in [-0.2, -0.15) is 0 Å². The van der Waals surface area contributed by atoms with Gasteiger partial charge in [-0.25, -0.2) is 4.39 Å². The molecule has 0 spiro atoms. The van der Waals surface area contributed by atoms with Crippen LogP contribution < -0.4 is 4.74 Å². The normalized spacial score (nSPS) is 10.2. The summed E-state index contributed by atoms with van der Waals surface area (Å²) in [6.07, 6.45) is -0.202. The van der Waals surface area contributed by atoms with E-state index >= 15 is 0 Å². The Morgan fingerprint density at radius 3 is 2.18 bits per heavy atom. The molecule has 0 bridgehead atoms. The number of hydrogen-bond donors (Lipinski definition) is 1. The molecule has 0 saturated carbocycles. The third kappa shape index (κ3) is 4.70. The number of carboxylic acids is 1. The van der Waals surface area contributed by atoms with E-state index in [1.54, 1.807) is 36.4 Å². The lowest BCUT2D eigenvalue weighted by Crippen LogP contribution is -2.03. The largest absolute Gasteiger partial charge is 0.489 e. The van der Waals surface area contributed by atoms with E-state index in [9.17, 15) is 14.0 Å². The summed E-state index contributed by atoms with van der Waals surface area (Å²) < 4.78 is 18.3. The molecule has 0 aromatic heterocycles. The number of benzene rings is 2. The van der Waals surface area contributed by atoms with Crippen molar-refractivity contribution in [3.8, 4) is 5.75 Å². The Morgan fingerprint density at radius 1 is 0.955 bits per heavy atom. The number of halogens is 1. The third-order valence-electron chi connectivity index (χ3n) is 3.06. The minimum Gasteiger partial charge on any atom is -0.489 e. The number of ether oxygens (including phenoxy) is 1. The summed E-state index contributed by atoms with van der Waals surface area (Å²) in [5.41, 5.74) is 1.29. The number of aliphatic carboxylic acids is 1. The summed E-state index contributed by atoms with van der Waals surface area (Å²) in [4.78, 5) is 22.2. The summed E-state index contributed by atoms with van der Waals surface area (Å²) in [5, 5.41) is 8.55. The summed E-state index contributed by atoms with van der Waals surface area (Å²) in [6, 6.07) is 12.5. The van der Waals surface area contributed by atoms with Crippen LogP contribution in [0.15, 0.2) is 48.5 Å². The Bertz CT molecular complexity index is 647. The number of carboxylic acid groups (broad SMARTS) is 1. The van der Waals surface area contributed by atoms with Crippen LogP contribution in [0.1, 0.15) is 28.8 Å². The minimum absolute atomic E-state index is 0.0227. The van der Waals surface area contributed by atoms with E-state index in [2.05, 4.69) is 0 Å². The highest BCUT2D eigenvalue weighted by Crippen LogP contribution is 2.16. The average Bonchev–Trinajstić information content (AvgIpc) is 2.52. The number of hydrogen-bond acceptors (Lipinski definition) is 3. The van der Waals surface area contributed by atoms with Gasteiger partial charge in [0.05, 0.1) is 6.42 Å². The molecule has 0 unspecified atom stereocenters. The van der Waals surface area contributed by atoms with Gasteiger partial charge in [0, 0.05) is 12.0 Å². The van der Waals surface area contributed by atoms with E-state index < -0.39 is 5.97 Å². The van der Waals surface area contributed by atoms with Gasteiger partial charge in [0.25, 0.3) is 0 Å². The summed E-state index contributed by atoms with van der Waals surface area (Å²) >= 11 is 0. The zero-order chi connectivity index (χ0) is 15.9. The molecule has 0 aliphatic carbocycles. The Labute approximate surface area is 127 Å². The monoisotopic (exact) mass is 302 g/mol. The van der Waals surface area contributed by atoms with Crippen LogP contribution >= 0.6 is 0 Å². The van der Waals surface area contributed by atoms with Gasteiger partial charge in [-0.3, -0.25) is 9.59 Å². The van der Waals surface area contributed by atoms with E-state index in [0.717, 1.165) is 5.56 Å². The predicted molar refractivity (Wildman–Crippen MR) is 78.4 cm³/mol. The fourth-order valence-corrected chi connectivity index (χ4v) is 1.85. The van der Waals surface area contributed by atoms with Gasteiger partial charge in [-0.15, -0.1) is 0 Å². The van der Waals surface area contributed by atoms with Crippen molar-refractivity contribution in [1.82, 2.24) is 0 Å². The maximum Gasteiger partial charge on any atom is 0.303 e. The molecule has 0 heterocycles. The highest BCUT2D eigenvalue weighted by Gasteiger charge is 2.08. The second kappa shape index (κ2) is 7.36. The molecule has 2 aromatic rings. The van der Waals surface area contributed by atoms with Crippen molar-refractivity contribution in [2.24, 2.45) is 0 Å². The van der Waals surface area contributed by atoms with E-state index in [0.29, 0.717) is 17.9 Å². The van der Waals surface area contributed by atoms with Crippen molar-refractivity contribution in [2.75, 3.05) is 0 Å². The van der Waals surface area contributed by atoms with Crippen LogP contribution in [-0.4, -0.2) is 16.9 Å². The quantitative estimate of drug-likeness (QED) is 0.796. The first-order valence-corrected chi connectivity index (χ1v) is 6.77. The molecule has 0 aliphatic heterocycles. The first kappa shape index (κ1) is 15.7. The Morgan fingerprint density at radius 2 is 1.59 bits per heavy atom. The van der Waals surface area contributed by atoms with Crippen molar-refractivity contribution in [1.29, 1.82) is 0 Å². The molecule has 2 rings (SSSR count). The SMILES string of the molecule is O=C(O)CCC(=O)c1ccc(OCc2ccc(F)cc2)cc1. The Hall–Kier alpha value is -2.69. The maximum absolute atomic E-state index is 12.8. The number of carbonyl (C=O) groups excluding carboxylic acids is 1. The zero-order valence-corrected chi connectivity index (χ0v) is 11.8. The summed E-state index contributed by atoms with van der Waals surface area (Å²) in [7, 11) is 0. The fourth-order valence-electron chi connectivity index (χ4n) is 1.85. The second-order valence-corrected chi connectivity index (χ2v) is 4.76. The number of ketones is 1. The van der Waals surface area contributed by atoms with Gasteiger partial charge in [-0.05, 0) is 42.0 Å². The van der Waals surface area contributed by atoms with Crippen LogP contribution in [0.2, 0.25) is 0 Å². The zero-order valence-electron chi connectivity index (χ0n) is 11.8. The summed E-state index contributed by atoms with van der Waals surface area (Å²) in [6.45, 7) is 0.298. The van der Waals surface area contributed by atoms with E-state index in [-0.39, 0.29) is 24.4 Å². The molecule has 0 saturated heterocycles. The van der Waals surface area contributed by atoms with E-state index in [1.165, 1.54) is 12.1 Å². The van der Waals surface area contributed by atoms with Gasteiger partial charge in [-0.1, -0.05) is 12.1 Å². The van der Waals surface area contributed by atoms with Crippen molar-refractivity contribution >= 4 is 11.8 Å². The Balaban J connectivity index is 1.90. The topological polar surface area (TPSA) is 63.6 Å². The fraction of sp³-hybridized carbons (Fsp3) is 0.176. The van der Waals surface area contributed by atoms with Gasteiger partial charge in [0.15, 0.2) is 5.78 Å². The molecule has 22 heavy (non-hydrogen) atoms. The molecule has 0 amide bonds. The predicted octanol–water partition coefficient (Wildman–Crippen LogP) is 3.45. The minimum atomic E-state index is -0.993. The van der Waals surface area contributed by atoms with Gasteiger partial charge >= 0.3 is 5.97 Å². The third-order valence-corrected chi connectivity index (χ3v) is 3.06. The lowest BCUT2D eigenvalue weighted by Gasteiger charge is -2.07. The molecule has 114 valence electrons. The van der Waals surface area contributed by atoms with Crippen LogP contribution in [0.5, 0.6) is 5.75 Å². The second-order valence-electron chi connectivity index (χ2n) is 4.76. The highest BCUT2D eigenvalue weighted by atomic mass is 19.1. The van der Waals surface area contributed by atoms with Crippen molar-refractivity contribution < 1.29 is 23.8 Å². The highest BCUT2D eigenvalue weighted by molar-refractivity contribution is 5.97. The van der Waals surface area contributed by atoms with Crippen LogP contribution in [0.25, 0.3) is 0 Å². The number of carbonyl (C=O) groups is 2. The molecule has 0 atom stereocenters. The lowest BCUT2D eigenvalue weighted by molar-refractivity contribution is -0.136. The molecule has 4 nitrogen and oxygen atoms in total. The van der Waals surface area contributed by atoms with E-state index in [4.69, 9.17) is 9.84 Å². The standard InChI is InChI=1S/C17H15FO4/c18-14-5-1-12(2-6-14)11-22-15-7-3-13(4-8-15)16(19)9-10-17(20)21/h1-8H,9-11H2,(H,20,21). The first-order chi connectivity index (χ1) is 10.5. The van der Waals surface area contributed by atoms with E-state index in [1.807, 2.05) is 0 Å². The van der Waals surface area contributed by atoms with Crippen molar-refractivity contribution in [3.05, 3.63) is 65.5 Å². The molecular weight excluding hydrogens is 287 g/mol. The maximum atomic E-state index is 12.8. The number of Topliss-reactive ketones (excluding diaryl/α,β-unsaturated/α-hetero) is 1. The number of rotatable bonds is 7. The summed E-state index contributed by atoms with van der Waals surface area (Å²) in [5.74, 6) is -0.924. The first-order valence-electron chi connectivity index (χ1n) is 6.77. The van der Waals surface area contributed by atoms with Crippen molar-refractivity contribution in [2.45, 2.75) is 19.4 Å². The van der Waals surface area contributed by atoms with Gasteiger partial charge in [0.1, 0.15) is 18.2 Å². The molecule has 0 radical (unpaired) electrons. The van der Waals surface area contributed by atoms with Gasteiger partial charge < -0.3 is 9.84 Å². The van der Waals surface area contributed by atoms with Crippen LogP contribution in [0.4, 0.5) is 4.39 Å². The Kier molecular flexibility index (Phi) is 5.25. The average molecular weight is 302 g/mol. The molecule has 0 aliphatic rings. The lowest BCUT2D eigenvalue weighted by atomic mass is 10.1. The molecule has 5 heteroatoms. The molecule has 1 N–H and O–H groups in total. The van der Waals surface area contributed by atoms with Crippen molar-refractivity contribution in [3.63, 3.8) is 0 Å². The molecular formula is C17H15FO4. The van der Waals surface area contributed by atoms with Gasteiger partial charge in [0.2, 0.25) is 0 Å². The molecule has 2 aromatic carbocycles. The van der Waals surface area contributed by atoms with Crippen LogP contribution in [0.3, 0.4) is 0 Å².